The van der Waals surface area contributed by atoms with Gasteiger partial charge >= 0.3 is 0 Å². The molecular weight excluding hydrogens is 222 g/mol. The highest BCUT2D eigenvalue weighted by atomic mass is 32.1. The molecule has 0 saturated heterocycles. The number of benzene rings is 1. The van der Waals surface area contributed by atoms with Crippen molar-refractivity contribution in [2.45, 2.75) is 13.3 Å². The number of aliphatic hydroxyl groups excluding tert-OH is 1. The van der Waals surface area contributed by atoms with Crippen LogP contribution in [0.1, 0.15) is 10.6 Å². The maximum atomic E-state index is 9.71. The number of hydrogen-bond acceptors (Lipinski definition) is 4. The predicted octanol–water partition coefficient (Wildman–Crippen LogP) is 2.36. The van der Waals surface area contributed by atoms with Gasteiger partial charge in [0.1, 0.15) is 10.8 Å². The molecule has 1 heterocycles. The van der Waals surface area contributed by atoms with E-state index < -0.39 is 0 Å². The van der Waals surface area contributed by atoms with Gasteiger partial charge in [-0.2, -0.15) is 0 Å². The fourth-order valence-electron chi connectivity index (χ4n) is 1.53. The van der Waals surface area contributed by atoms with Crippen LogP contribution in [0.4, 0.5) is 0 Å². The molecule has 2 N–H and O–H groups in total. The molecule has 0 amide bonds. The van der Waals surface area contributed by atoms with Gasteiger partial charge in [0.25, 0.3) is 0 Å². The molecule has 1 aromatic heterocycles. The maximum absolute atomic E-state index is 9.71. The normalized spacial score (nSPS) is 10.6. The van der Waals surface area contributed by atoms with Crippen LogP contribution in [-0.2, 0) is 6.42 Å². The quantitative estimate of drug-likeness (QED) is 0.858. The van der Waals surface area contributed by atoms with Crippen molar-refractivity contribution in [2.75, 3.05) is 6.61 Å². The summed E-state index contributed by atoms with van der Waals surface area (Å²) in [6.07, 6.45) is 0.622. The van der Waals surface area contributed by atoms with E-state index in [2.05, 4.69) is 4.98 Å². The summed E-state index contributed by atoms with van der Waals surface area (Å²) in [5.74, 6) is 0.242. The number of para-hydroxylation sites is 1. The lowest BCUT2D eigenvalue weighted by atomic mass is 10.2. The highest BCUT2D eigenvalue weighted by molar-refractivity contribution is 7.15. The van der Waals surface area contributed by atoms with Gasteiger partial charge in [0, 0.05) is 17.9 Å². The summed E-state index contributed by atoms with van der Waals surface area (Å²) in [6, 6.07) is 7.15. The fraction of sp³-hybridized carbons (Fsp3) is 0.250. The van der Waals surface area contributed by atoms with E-state index in [0.717, 1.165) is 21.1 Å². The number of nitrogens with zero attached hydrogens (tertiary/aromatic N) is 1. The molecule has 0 saturated carbocycles. The summed E-state index contributed by atoms with van der Waals surface area (Å²) in [7, 11) is 0. The molecule has 0 bridgehead atoms. The number of phenols is 1. The van der Waals surface area contributed by atoms with E-state index in [4.69, 9.17) is 5.11 Å². The minimum atomic E-state index is 0.128. The Morgan fingerprint density at radius 1 is 1.31 bits per heavy atom. The van der Waals surface area contributed by atoms with Gasteiger partial charge in [0.05, 0.1) is 11.3 Å². The summed E-state index contributed by atoms with van der Waals surface area (Å²) in [5, 5.41) is 19.4. The Morgan fingerprint density at radius 3 is 2.75 bits per heavy atom. The smallest absolute Gasteiger partial charge is 0.127 e. The molecule has 0 unspecified atom stereocenters. The molecule has 1 aromatic carbocycles. The molecule has 3 nitrogen and oxygen atoms in total. The first kappa shape index (κ1) is 11.1. The van der Waals surface area contributed by atoms with Crippen LogP contribution >= 0.6 is 11.3 Å². The van der Waals surface area contributed by atoms with E-state index in [9.17, 15) is 5.11 Å². The molecule has 0 fully saturated rings. The van der Waals surface area contributed by atoms with E-state index in [0.29, 0.717) is 6.42 Å². The van der Waals surface area contributed by atoms with Gasteiger partial charge in [0.15, 0.2) is 0 Å². The first-order valence-electron chi connectivity index (χ1n) is 5.08. The number of rotatable bonds is 3. The molecule has 0 aliphatic rings. The lowest BCUT2D eigenvalue weighted by Crippen LogP contribution is -1.88. The minimum absolute atomic E-state index is 0.128. The molecule has 0 aliphatic heterocycles. The van der Waals surface area contributed by atoms with E-state index in [1.54, 1.807) is 12.1 Å². The third kappa shape index (κ3) is 2.08. The Balaban J connectivity index is 2.42. The van der Waals surface area contributed by atoms with Gasteiger partial charge in [-0.15, -0.1) is 11.3 Å². The first-order chi connectivity index (χ1) is 7.72. The summed E-state index contributed by atoms with van der Waals surface area (Å²) in [6.45, 7) is 2.05. The number of aliphatic hydroxyl groups is 1. The third-order valence-corrected chi connectivity index (χ3v) is 3.62. The summed E-state index contributed by atoms with van der Waals surface area (Å²) in [5.41, 5.74) is 1.68. The molecule has 84 valence electrons. The van der Waals surface area contributed by atoms with Crippen LogP contribution in [0.25, 0.3) is 10.6 Å². The monoisotopic (exact) mass is 235 g/mol. The molecule has 2 aromatic rings. The van der Waals surface area contributed by atoms with Gasteiger partial charge in [0.2, 0.25) is 0 Å². The van der Waals surface area contributed by atoms with Crippen molar-refractivity contribution in [3.63, 3.8) is 0 Å². The lowest BCUT2D eigenvalue weighted by molar-refractivity contribution is 0.300. The SMILES string of the molecule is Cc1nc(-c2ccccc2O)sc1CCO. The fourth-order valence-corrected chi connectivity index (χ4v) is 2.62. The van der Waals surface area contributed by atoms with Gasteiger partial charge in [-0.05, 0) is 19.1 Å². The Hall–Kier alpha value is -1.39. The number of hydrogen-bond donors (Lipinski definition) is 2. The van der Waals surface area contributed by atoms with E-state index in [1.165, 1.54) is 11.3 Å². The Morgan fingerprint density at radius 2 is 2.06 bits per heavy atom. The Bertz CT molecular complexity index is 494. The van der Waals surface area contributed by atoms with Gasteiger partial charge in [-0.25, -0.2) is 4.98 Å². The van der Waals surface area contributed by atoms with E-state index in [-0.39, 0.29) is 12.4 Å². The topological polar surface area (TPSA) is 53.4 Å². The van der Waals surface area contributed by atoms with Crippen molar-refractivity contribution in [1.82, 2.24) is 4.98 Å². The number of aromatic hydroxyl groups is 1. The zero-order chi connectivity index (χ0) is 11.5. The van der Waals surface area contributed by atoms with Crippen LogP contribution < -0.4 is 0 Å². The molecular formula is C12H13NO2S. The molecule has 2 rings (SSSR count). The number of aromatic nitrogens is 1. The van der Waals surface area contributed by atoms with Crippen molar-refractivity contribution >= 4 is 11.3 Å². The van der Waals surface area contributed by atoms with Gasteiger partial charge in [-0.3, -0.25) is 0 Å². The predicted molar refractivity (Wildman–Crippen MR) is 64.7 cm³/mol. The van der Waals surface area contributed by atoms with Crippen LogP contribution in [0.3, 0.4) is 0 Å². The summed E-state index contributed by atoms with van der Waals surface area (Å²) >= 11 is 1.52. The zero-order valence-corrected chi connectivity index (χ0v) is 9.79. The highest BCUT2D eigenvalue weighted by Crippen LogP contribution is 2.33. The third-order valence-electron chi connectivity index (χ3n) is 2.37. The van der Waals surface area contributed by atoms with Crippen molar-refractivity contribution < 1.29 is 10.2 Å². The largest absolute Gasteiger partial charge is 0.507 e. The van der Waals surface area contributed by atoms with Crippen LogP contribution in [0.2, 0.25) is 0 Å². The van der Waals surface area contributed by atoms with E-state index in [1.807, 2.05) is 19.1 Å². The Kier molecular flexibility index (Phi) is 3.22. The van der Waals surface area contributed by atoms with Crippen molar-refractivity contribution in [3.05, 3.63) is 34.8 Å². The lowest BCUT2D eigenvalue weighted by Gasteiger charge is -1.98. The van der Waals surface area contributed by atoms with Crippen LogP contribution in [0.15, 0.2) is 24.3 Å². The number of phenolic OH excluding ortho intramolecular Hbond substituents is 1. The average Bonchev–Trinajstić information content (AvgIpc) is 2.61. The zero-order valence-electron chi connectivity index (χ0n) is 8.97. The molecule has 4 heteroatoms. The second-order valence-corrected chi connectivity index (χ2v) is 4.60. The molecule has 0 atom stereocenters. The molecule has 16 heavy (non-hydrogen) atoms. The number of thiazole rings is 1. The first-order valence-corrected chi connectivity index (χ1v) is 5.89. The maximum Gasteiger partial charge on any atom is 0.127 e. The number of aryl methyl sites for hydroxylation is 1. The van der Waals surface area contributed by atoms with Crippen LogP contribution in [0, 0.1) is 6.92 Å². The minimum Gasteiger partial charge on any atom is -0.507 e. The van der Waals surface area contributed by atoms with Gasteiger partial charge in [-0.1, -0.05) is 12.1 Å². The molecule has 0 spiro atoms. The van der Waals surface area contributed by atoms with Crippen LogP contribution in [0.5, 0.6) is 5.75 Å². The van der Waals surface area contributed by atoms with Crippen molar-refractivity contribution in [2.24, 2.45) is 0 Å². The van der Waals surface area contributed by atoms with Crippen molar-refractivity contribution in [1.29, 1.82) is 0 Å². The van der Waals surface area contributed by atoms with Gasteiger partial charge < -0.3 is 10.2 Å². The Labute approximate surface area is 98.0 Å². The second kappa shape index (κ2) is 4.63. The summed E-state index contributed by atoms with van der Waals surface area (Å²) in [4.78, 5) is 5.48. The average molecular weight is 235 g/mol. The summed E-state index contributed by atoms with van der Waals surface area (Å²) < 4.78 is 0. The van der Waals surface area contributed by atoms with Crippen LogP contribution in [-0.4, -0.2) is 21.8 Å². The van der Waals surface area contributed by atoms with Crippen molar-refractivity contribution in [3.8, 4) is 16.3 Å². The molecule has 0 radical (unpaired) electrons. The second-order valence-electron chi connectivity index (χ2n) is 3.52. The highest BCUT2D eigenvalue weighted by Gasteiger charge is 2.11. The standard InChI is InChI=1S/C12H13NO2S/c1-8-11(6-7-14)16-12(13-8)9-4-2-3-5-10(9)15/h2-5,14-15H,6-7H2,1H3. The van der Waals surface area contributed by atoms with E-state index >= 15 is 0 Å². The molecule has 0 aliphatic carbocycles.